The molecule has 0 atom stereocenters. The first-order valence-corrected chi connectivity index (χ1v) is 9.19. The minimum absolute atomic E-state index is 0.00343. The maximum atomic E-state index is 11.6. The summed E-state index contributed by atoms with van der Waals surface area (Å²) >= 11 is 1.77. The van der Waals surface area contributed by atoms with E-state index < -0.39 is 0 Å². The number of rotatable bonds is 11. The molecule has 0 aromatic heterocycles. The van der Waals surface area contributed by atoms with Crippen molar-refractivity contribution in [2.75, 3.05) is 52.3 Å². The van der Waals surface area contributed by atoms with Gasteiger partial charge in [-0.05, 0) is 32.9 Å². The summed E-state index contributed by atoms with van der Waals surface area (Å²) in [5.74, 6) is 1.70. The Labute approximate surface area is 139 Å². The molecule has 0 saturated heterocycles. The molecular weight excluding hydrogens is 300 g/mol. The van der Waals surface area contributed by atoms with Gasteiger partial charge in [-0.1, -0.05) is 0 Å². The van der Waals surface area contributed by atoms with Gasteiger partial charge in [-0.15, -0.1) is 0 Å². The maximum Gasteiger partial charge on any atom is 0.243 e. The van der Waals surface area contributed by atoms with E-state index in [1.807, 2.05) is 13.8 Å². The topological polar surface area (TPSA) is 66.0 Å². The molecule has 7 heteroatoms. The fourth-order valence-electron chi connectivity index (χ4n) is 1.49. The quantitative estimate of drug-likeness (QED) is 0.338. The van der Waals surface area contributed by atoms with Crippen LogP contribution in [0.4, 0.5) is 0 Å². The summed E-state index contributed by atoms with van der Waals surface area (Å²) in [6.45, 7) is 6.69. The van der Waals surface area contributed by atoms with Crippen LogP contribution in [-0.2, 0) is 9.53 Å². The zero-order valence-electron chi connectivity index (χ0n) is 14.6. The highest BCUT2D eigenvalue weighted by Gasteiger charge is 2.04. The molecule has 0 saturated carbocycles. The summed E-state index contributed by atoms with van der Waals surface area (Å²) in [7, 11) is 3.47. The standard InChI is InChI=1S/C15H32N4O2S/c1-13(2)21-10-7-6-8-16-15(17-9-11-22-5)18-12-14(20)19(3)4/h13H,6-12H2,1-5H3,(H2,16,17,18). The van der Waals surface area contributed by atoms with Crippen molar-refractivity contribution in [3.8, 4) is 0 Å². The maximum absolute atomic E-state index is 11.6. The Hall–Kier alpha value is -0.950. The van der Waals surface area contributed by atoms with E-state index in [0.29, 0.717) is 5.96 Å². The molecule has 0 aliphatic carbocycles. The largest absolute Gasteiger partial charge is 0.379 e. The molecular formula is C15H32N4O2S. The van der Waals surface area contributed by atoms with Gasteiger partial charge in [0.15, 0.2) is 5.96 Å². The molecule has 0 aliphatic rings. The number of nitrogens with one attached hydrogen (secondary N) is 2. The summed E-state index contributed by atoms with van der Waals surface area (Å²) in [6, 6.07) is 0. The van der Waals surface area contributed by atoms with Crippen LogP contribution in [0.1, 0.15) is 26.7 Å². The Balaban J connectivity index is 4.06. The number of guanidine groups is 1. The van der Waals surface area contributed by atoms with Gasteiger partial charge < -0.3 is 20.3 Å². The van der Waals surface area contributed by atoms with Crippen LogP contribution in [0.5, 0.6) is 0 Å². The third kappa shape index (κ3) is 12.8. The number of ether oxygens (including phenoxy) is 1. The fraction of sp³-hybridized carbons (Fsp3) is 0.867. The van der Waals surface area contributed by atoms with Gasteiger partial charge in [0, 0.05) is 39.5 Å². The molecule has 0 unspecified atom stereocenters. The van der Waals surface area contributed by atoms with Gasteiger partial charge in [0.05, 0.1) is 6.10 Å². The van der Waals surface area contributed by atoms with Gasteiger partial charge >= 0.3 is 0 Å². The molecule has 22 heavy (non-hydrogen) atoms. The number of likely N-dealkylation sites (N-methyl/N-ethyl adjacent to an activating group) is 1. The number of amides is 1. The van der Waals surface area contributed by atoms with Crippen LogP contribution in [0.15, 0.2) is 4.99 Å². The van der Waals surface area contributed by atoms with Crippen molar-refractivity contribution >= 4 is 23.6 Å². The van der Waals surface area contributed by atoms with Gasteiger partial charge in [-0.25, -0.2) is 4.99 Å². The fourth-order valence-corrected chi connectivity index (χ4v) is 1.79. The monoisotopic (exact) mass is 332 g/mol. The predicted molar refractivity (Wildman–Crippen MR) is 95.7 cm³/mol. The van der Waals surface area contributed by atoms with Crippen molar-refractivity contribution in [1.82, 2.24) is 15.5 Å². The van der Waals surface area contributed by atoms with E-state index in [2.05, 4.69) is 21.9 Å². The summed E-state index contributed by atoms with van der Waals surface area (Å²) in [5, 5.41) is 6.50. The number of hydrogen-bond acceptors (Lipinski definition) is 4. The van der Waals surface area contributed by atoms with Crippen molar-refractivity contribution in [1.29, 1.82) is 0 Å². The van der Waals surface area contributed by atoms with Crippen LogP contribution >= 0.6 is 11.8 Å². The summed E-state index contributed by atoms with van der Waals surface area (Å²) in [6.07, 6.45) is 4.38. The van der Waals surface area contributed by atoms with Crippen molar-refractivity contribution in [3.63, 3.8) is 0 Å². The number of thioether (sulfide) groups is 1. The molecule has 2 N–H and O–H groups in total. The van der Waals surface area contributed by atoms with Gasteiger partial charge in [0.1, 0.15) is 6.54 Å². The Bertz CT molecular complexity index is 323. The second-order valence-corrected chi connectivity index (χ2v) is 6.41. The second kappa shape index (κ2) is 13.7. The van der Waals surface area contributed by atoms with Gasteiger partial charge in [0.25, 0.3) is 0 Å². The van der Waals surface area contributed by atoms with E-state index in [-0.39, 0.29) is 18.6 Å². The highest BCUT2D eigenvalue weighted by molar-refractivity contribution is 7.98. The Kier molecular flexibility index (Phi) is 13.1. The van der Waals surface area contributed by atoms with E-state index in [1.54, 1.807) is 30.8 Å². The number of nitrogens with zero attached hydrogens (tertiary/aromatic N) is 2. The molecule has 0 bridgehead atoms. The van der Waals surface area contributed by atoms with Crippen molar-refractivity contribution < 1.29 is 9.53 Å². The lowest BCUT2D eigenvalue weighted by atomic mass is 10.3. The van der Waals surface area contributed by atoms with Crippen molar-refractivity contribution in [3.05, 3.63) is 0 Å². The van der Waals surface area contributed by atoms with Crippen LogP contribution in [0.3, 0.4) is 0 Å². The predicted octanol–water partition coefficient (Wildman–Crippen LogP) is 1.18. The van der Waals surface area contributed by atoms with E-state index in [1.165, 1.54) is 0 Å². The van der Waals surface area contributed by atoms with Crippen molar-refractivity contribution in [2.24, 2.45) is 4.99 Å². The Morgan fingerprint density at radius 2 is 1.91 bits per heavy atom. The molecule has 0 aliphatic heterocycles. The third-order valence-electron chi connectivity index (χ3n) is 2.78. The smallest absolute Gasteiger partial charge is 0.243 e. The zero-order chi connectivity index (χ0) is 16.8. The Morgan fingerprint density at radius 3 is 2.50 bits per heavy atom. The average Bonchev–Trinajstić information content (AvgIpc) is 2.46. The van der Waals surface area contributed by atoms with E-state index in [9.17, 15) is 4.79 Å². The third-order valence-corrected chi connectivity index (χ3v) is 3.40. The molecule has 0 rings (SSSR count). The lowest BCUT2D eigenvalue weighted by Crippen LogP contribution is -2.40. The molecule has 1 amide bonds. The number of unbranched alkanes of at least 4 members (excludes halogenated alkanes) is 1. The summed E-state index contributed by atoms with van der Waals surface area (Å²) < 4.78 is 5.51. The van der Waals surface area contributed by atoms with Crippen LogP contribution in [0.2, 0.25) is 0 Å². The number of carbonyl (C=O) groups is 1. The first-order chi connectivity index (χ1) is 10.5. The van der Waals surface area contributed by atoms with Gasteiger partial charge in [-0.2, -0.15) is 11.8 Å². The highest BCUT2D eigenvalue weighted by Crippen LogP contribution is 1.93. The number of carbonyl (C=O) groups excluding carboxylic acids is 1. The SMILES string of the molecule is CSCCNC(=NCC(=O)N(C)C)NCCCCOC(C)C. The highest BCUT2D eigenvalue weighted by atomic mass is 32.2. The molecule has 130 valence electrons. The molecule has 0 fully saturated rings. The van der Waals surface area contributed by atoms with E-state index >= 15 is 0 Å². The van der Waals surface area contributed by atoms with Crippen LogP contribution in [0.25, 0.3) is 0 Å². The molecule has 0 aromatic carbocycles. The lowest BCUT2D eigenvalue weighted by Gasteiger charge is -2.13. The number of hydrogen-bond donors (Lipinski definition) is 2. The molecule has 0 aromatic rings. The molecule has 0 radical (unpaired) electrons. The summed E-state index contributed by atoms with van der Waals surface area (Å²) in [5.41, 5.74) is 0. The molecule has 0 heterocycles. The van der Waals surface area contributed by atoms with Crippen LogP contribution in [-0.4, -0.2) is 75.2 Å². The zero-order valence-corrected chi connectivity index (χ0v) is 15.5. The van der Waals surface area contributed by atoms with Gasteiger partial charge in [-0.3, -0.25) is 4.79 Å². The lowest BCUT2D eigenvalue weighted by molar-refractivity contribution is -0.127. The first-order valence-electron chi connectivity index (χ1n) is 7.80. The van der Waals surface area contributed by atoms with E-state index in [4.69, 9.17) is 4.74 Å². The summed E-state index contributed by atoms with van der Waals surface area (Å²) in [4.78, 5) is 17.5. The van der Waals surface area contributed by atoms with Gasteiger partial charge in [0.2, 0.25) is 5.91 Å². The van der Waals surface area contributed by atoms with Crippen LogP contribution in [0, 0.1) is 0 Å². The normalized spacial score (nSPS) is 11.6. The molecule has 6 nitrogen and oxygen atoms in total. The van der Waals surface area contributed by atoms with Crippen LogP contribution < -0.4 is 10.6 Å². The van der Waals surface area contributed by atoms with Crippen molar-refractivity contribution in [2.45, 2.75) is 32.8 Å². The minimum Gasteiger partial charge on any atom is -0.379 e. The van der Waals surface area contributed by atoms with E-state index in [0.717, 1.165) is 38.3 Å². The Morgan fingerprint density at radius 1 is 1.23 bits per heavy atom. The second-order valence-electron chi connectivity index (χ2n) is 5.43. The number of aliphatic imine (C=N–C) groups is 1. The first kappa shape index (κ1) is 21.0. The molecule has 0 spiro atoms. The minimum atomic E-state index is -0.00343. The average molecular weight is 333 g/mol.